The Morgan fingerprint density at radius 2 is 1.73 bits per heavy atom. The number of hydrogen-bond acceptors (Lipinski definition) is 5. The molecule has 1 aliphatic rings. The summed E-state index contributed by atoms with van der Waals surface area (Å²) in [4.78, 5) is 38.8. The number of amides is 2. The SMILES string of the molecule is O=C(NOC(=O)N(Cc1ccccc1)Cc1cccnc1)c1cc(N2CCCC2)ccc1Br. The van der Waals surface area contributed by atoms with Crippen molar-refractivity contribution in [3.05, 3.63) is 94.2 Å². The molecule has 0 aliphatic carbocycles. The summed E-state index contributed by atoms with van der Waals surface area (Å²) in [6, 6.07) is 18.9. The Morgan fingerprint density at radius 1 is 1.00 bits per heavy atom. The molecule has 1 saturated heterocycles. The first-order valence-corrected chi connectivity index (χ1v) is 11.6. The molecule has 0 saturated carbocycles. The molecule has 3 aromatic rings. The van der Waals surface area contributed by atoms with Crippen molar-refractivity contribution in [2.45, 2.75) is 25.9 Å². The molecule has 2 heterocycles. The largest absolute Gasteiger partial charge is 0.434 e. The van der Waals surface area contributed by atoms with Gasteiger partial charge >= 0.3 is 6.09 Å². The number of carbonyl (C=O) groups is 2. The fourth-order valence-electron chi connectivity index (χ4n) is 3.77. The highest BCUT2D eigenvalue weighted by Gasteiger charge is 2.21. The molecule has 0 atom stereocenters. The number of anilines is 1. The van der Waals surface area contributed by atoms with Crippen LogP contribution in [0, 0.1) is 0 Å². The Labute approximate surface area is 201 Å². The van der Waals surface area contributed by atoms with Crippen molar-refractivity contribution in [2.24, 2.45) is 0 Å². The van der Waals surface area contributed by atoms with E-state index in [1.165, 1.54) is 4.90 Å². The van der Waals surface area contributed by atoms with Crippen molar-refractivity contribution in [2.75, 3.05) is 18.0 Å². The molecule has 0 bridgehead atoms. The fraction of sp³-hybridized carbons (Fsp3) is 0.240. The predicted octanol–water partition coefficient (Wildman–Crippen LogP) is 4.93. The van der Waals surface area contributed by atoms with Gasteiger partial charge in [-0.1, -0.05) is 36.4 Å². The Balaban J connectivity index is 1.44. The van der Waals surface area contributed by atoms with Gasteiger partial charge in [0.15, 0.2) is 0 Å². The van der Waals surface area contributed by atoms with Gasteiger partial charge in [-0.3, -0.25) is 14.7 Å². The lowest BCUT2D eigenvalue weighted by Gasteiger charge is -2.22. The summed E-state index contributed by atoms with van der Waals surface area (Å²) in [5.74, 6) is -0.489. The molecule has 1 N–H and O–H groups in total. The van der Waals surface area contributed by atoms with Gasteiger partial charge in [-0.25, -0.2) is 4.79 Å². The minimum Gasteiger partial charge on any atom is -0.372 e. The van der Waals surface area contributed by atoms with E-state index in [1.807, 2.05) is 60.7 Å². The average molecular weight is 509 g/mol. The lowest BCUT2D eigenvalue weighted by molar-refractivity contribution is 0.0396. The molecule has 7 nitrogen and oxygen atoms in total. The Hall–Kier alpha value is -3.39. The number of rotatable bonds is 6. The van der Waals surface area contributed by atoms with Crippen LogP contribution in [0.25, 0.3) is 0 Å². The van der Waals surface area contributed by atoms with Crippen molar-refractivity contribution < 1.29 is 14.4 Å². The van der Waals surface area contributed by atoms with Gasteiger partial charge in [-0.05, 0) is 64.2 Å². The van der Waals surface area contributed by atoms with Crippen molar-refractivity contribution in [1.29, 1.82) is 0 Å². The van der Waals surface area contributed by atoms with Crippen molar-refractivity contribution in [1.82, 2.24) is 15.4 Å². The molecule has 0 radical (unpaired) electrons. The van der Waals surface area contributed by atoms with Crippen LogP contribution in [-0.4, -0.2) is 35.0 Å². The van der Waals surface area contributed by atoms with Crippen LogP contribution in [0.1, 0.15) is 34.3 Å². The van der Waals surface area contributed by atoms with Gasteiger partial charge < -0.3 is 9.74 Å². The van der Waals surface area contributed by atoms with Crippen molar-refractivity contribution in [3.63, 3.8) is 0 Å². The molecule has 2 aromatic carbocycles. The van der Waals surface area contributed by atoms with E-state index in [1.54, 1.807) is 12.4 Å². The number of halogens is 1. The maximum atomic E-state index is 12.9. The van der Waals surface area contributed by atoms with E-state index >= 15 is 0 Å². The van der Waals surface area contributed by atoms with E-state index in [2.05, 4.69) is 31.3 Å². The third-order valence-electron chi connectivity index (χ3n) is 5.47. The third-order valence-corrected chi connectivity index (χ3v) is 6.16. The van der Waals surface area contributed by atoms with Gasteiger partial charge in [-0.15, -0.1) is 0 Å². The lowest BCUT2D eigenvalue weighted by Crippen LogP contribution is -2.37. The maximum Gasteiger partial charge on any atom is 0.434 e. The van der Waals surface area contributed by atoms with Crippen molar-refractivity contribution in [3.8, 4) is 0 Å². The zero-order chi connectivity index (χ0) is 23.0. The summed E-state index contributed by atoms with van der Waals surface area (Å²) in [7, 11) is 0. The summed E-state index contributed by atoms with van der Waals surface area (Å²) in [5.41, 5.74) is 5.52. The molecule has 2 amide bonds. The number of hydrogen-bond donors (Lipinski definition) is 1. The summed E-state index contributed by atoms with van der Waals surface area (Å²) >= 11 is 3.43. The smallest absolute Gasteiger partial charge is 0.372 e. The van der Waals surface area contributed by atoms with Crippen LogP contribution in [0.4, 0.5) is 10.5 Å². The maximum absolute atomic E-state index is 12.9. The number of benzene rings is 2. The number of aromatic nitrogens is 1. The first-order chi connectivity index (χ1) is 16.1. The molecule has 4 rings (SSSR count). The second kappa shape index (κ2) is 11.0. The molecular formula is C25H25BrN4O3. The van der Waals surface area contributed by atoms with E-state index in [9.17, 15) is 9.59 Å². The zero-order valence-corrected chi connectivity index (χ0v) is 19.7. The van der Waals surface area contributed by atoms with Gasteiger partial charge in [0.1, 0.15) is 0 Å². The van der Waals surface area contributed by atoms with Crippen LogP contribution in [0.5, 0.6) is 0 Å². The molecule has 1 aromatic heterocycles. The third kappa shape index (κ3) is 6.10. The van der Waals surface area contributed by atoms with E-state index < -0.39 is 12.0 Å². The average Bonchev–Trinajstić information content (AvgIpc) is 3.38. The first-order valence-electron chi connectivity index (χ1n) is 10.8. The summed E-state index contributed by atoms with van der Waals surface area (Å²) in [5, 5.41) is 0. The number of pyridine rings is 1. The van der Waals surface area contributed by atoms with Crippen LogP contribution in [0.2, 0.25) is 0 Å². The summed E-state index contributed by atoms with van der Waals surface area (Å²) < 4.78 is 0.635. The topological polar surface area (TPSA) is 74.8 Å². The van der Waals surface area contributed by atoms with Gasteiger partial charge in [-0.2, -0.15) is 5.48 Å². The van der Waals surface area contributed by atoms with E-state index in [0.717, 1.165) is 42.7 Å². The normalized spacial score (nSPS) is 12.9. The van der Waals surface area contributed by atoms with Crippen molar-refractivity contribution >= 4 is 33.6 Å². The van der Waals surface area contributed by atoms with E-state index in [0.29, 0.717) is 23.1 Å². The van der Waals surface area contributed by atoms with Crippen LogP contribution >= 0.6 is 15.9 Å². The molecule has 0 spiro atoms. The van der Waals surface area contributed by atoms with E-state index in [-0.39, 0.29) is 0 Å². The minimum atomic E-state index is -0.650. The highest BCUT2D eigenvalue weighted by atomic mass is 79.9. The Morgan fingerprint density at radius 3 is 2.45 bits per heavy atom. The van der Waals surface area contributed by atoms with Gasteiger partial charge in [0.25, 0.3) is 5.91 Å². The second-order valence-corrected chi connectivity index (χ2v) is 8.71. The predicted molar refractivity (Wildman–Crippen MR) is 129 cm³/mol. The quantitative estimate of drug-likeness (QED) is 0.478. The fourth-order valence-corrected chi connectivity index (χ4v) is 4.20. The monoisotopic (exact) mass is 508 g/mol. The molecule has 0 unspecified atom stereocenters. The highest BCUT2D eigenvalue weighted by Crippen LogP contribution is 2.26. The van der Waals surface area contributed by atoms with E-state index in [4.69, 9.17) is 4.84 Å². The molecule has 8 heteroatoms. The summed E-state index contributed by atoms with van der Waals surface area (Å²) in [6.45, 7) is 2.57. The van der Waals surface area contributed by atoms with Crippen LogP contribution in [0.3, 0.4) is 0 Å². The van der Waals surface area contributed by atoms with Crippen LogP contribution in [0.15, 0.2) is 77.5 Å². The van der Waals surface area contributed by atoms with Gasteiger partial charge in [0, 0.05) is 42.2 Å². The first kappa shape index (κ1) is 22.8. The Kier molecular flexibility index (Phi) is 7.57. The number of hydroxylamine groups is 1. The van der Waals surface area contributed by atoms with Crippen LogP contribution < -0.4 is 10.4 Å². The number of nitrogens with zero attached hydrogens (tertiary/aromatic N) is 3. The molecule has 33 heavy (non-hydrogen) atoms. The zero-order valence-electron chi connectivity index (χ0n) is 18.1. The Bertz CT molecular complexity index is 1050. The molecule has 1 aliphatic heterocycles. The van der Waals surface area contributed by atoms with Gasteiger partial charge in [0.05, 0.1) is 12.1 Å². The standard InChI is InChI=1S/C25H25BrN4O3/c26-23-11-10-21(29-13-4-5-14-29)15-22(23)24(31)28-33-25(32)30(17-19-7-2-1-3-8-19)18-20-9-6-12-27-16-20/h1-3,6-12,15-16H,4-5,13-14,17-18H2,(H,28,31). The summed E-state index contributed by atoms with van der Waals surface area (Å²) in [6.07, 6.45) is 5.01. The highest BCUT2D eigenvalue weighted by molar-refractivity contribution is 9.10. The minimum absolute atomic E-state index is 0.297. The van der Waals surface area contributed by atoms with Crippen LogP contribution in [-0.2, 0) is 17.9 Å². The molecule has 1 fully saturated rings. The lowest BCUT2D eigenvalue weighted by atomic mass is 10.2. The second-order valence-electron chi connectivity index (χ2n) is 7.86. The molecule has 170 valence electrons. The molecular weight excluding hydrogens is 484 g/mol. The number of nitrogens with one attached hydrogen (secondary N) is 1. The van der Waals surface area contributed by atoms with Gasteiger partial charge in [0.2, 0.25) is 0 Å². The number of carbonyl (C=O) groups excluding carboxylic acids is 2.